The van der Waals surface area contributed by atoms with Gasteiger partial charge in [0.1, 0.15) is 4.90 Å². The zero-order valence-electron chi connectivity index (χ0n) is 17.6. The fraction of sp³-hybridized carbons (Fsp3) is 0.292. The first kappa shape index (κ1) is 23.1. The SMILES string of the molecule is C[C@@H](NC(=O)C1CCN(S(=O)(=O)c2cc(Cl)ccc2Cl)CC1)c1ccc2ccccc2c1. The molecule has 3 aromatic carbocycles. The van der Waals surface area contributed by atoms with E-state index in [0.717, 1.165) is 16.3 Å². The third-order valence-electron chi connectivity index (χ3n) is 5.97. The molecule has 5 nitrogen and oxygen atoms in total. The van der Waals surface area contributed by atoms with E-state index in [0.29, 0.717) is 17.9 Å². The molecule has 1 N–H and O–H groups in total. The maximum Gasteiger partial charge on any atom is 0.244 e. The first-order valence-electron chi connectivity index (χ1n) is 10.5. The second-order valence-electron chi connectivity index (χ2n) is 8.09. The molecule has 1 fully saturated rings. The number of amides is 1. The molecule has 0 aliphatic carbocycles. The van der Waals surface area contributed by atoms with Crippen LogP contribution < -0.4 is 5.32 Å². The number of fused-ring (bicyclic) bond motifs is 1. The van der Waals surface area contributed by atoms with Gasteiger partial charge in [-0.15, -0.1) is 0 Å². The maximum atomic E-state index is 13.0. The summed E-state index contributed by atoms with van der Waals surface area (Å²) in [6.45, 7) is 2.48. The van der Waals surface area contributed by atoms with Crippen molar-refractivity contribution in [3.8, 4) is 0 Å². The van der Waals surface area contributed by atoms with Crippen molar-refractivity contribution < 1.29 is 13.2 Å². The molecule has 3 aromatic rings. The van der Waals surface area contributed by atoms with Crippen molar-refractivity contribution in [1.29, 1.82) is 0 Å². The summed E-state index contributed by atoms with van der Waals surface area (Å²) >= 11 is 12.1. The summed E-state index contributed by atoms with van der Waals surface area (Å²) in [7, 11) is -3.77. The first-order chi connectivity index (χ1) is 15.3. The van der Waals surface area contributed by atoms with Gasteiger partial charge in [0, 0.05) is 24.0 Å². The van der Waals surface area contributed by atoms with Crippen LogP contribution in [0.1, 0.15) is 31.4 Å². The van der Waals surface area contributed by atoms with Crippen molar-refractivity contribution in [2.45, 2.75) is 30.7 Å². The number of sulfonamides is 1. The predicted molar refractivity (Wildman–Crippen MR) is 128 cm³/mol. The summed E-state index contributed by atoms with van der Waals surface area (Å²) in [4.78, 5) is 12.9. The zero-order chi connectivity index (χ0) is 22.9. The van der Waals surface area contributed by atoms with Crippen LogP contribution >= 0.6 is 23.2 Å². The fourth-order valence-electron chi connectivity index (χ4n) is 4.06. The molecule has 0 spiro atoms. The molecule has 168 valence electrons. The van der Waals surface area contributed by atoms with E-state index < -0.39 is 10.0 Å². The van der Waals surface area contributed by atoms with Crippen molar-refractivity contribution in [2.75, 3.05) is 13.1 Å². The van der Waals surface area contributed by atoms with Crippen LogP contribution in [-0.2, 0) is 14.8 Å². The number of rotatable bonds is 5. The Labute approximate surface area is 198 Å². The number of carbonyl (C=O) groups excluding carboxylic acids is 1. The van der Waals surface area contributed by atoms with Crippen LogP contribution in [0.4, 0.5) is 0 Å². The minimum atomic E-state index is -3.77. The van der Waals surface area contributed by atoms with E-state index in [-0.39, 0.29) is 40.9 Å². The Morgan fingerprint density at radius 1 is 1.00 bits per heavy atom. The number of carbonyl (C=O) groups is 1. The monoisotopic (exact) mass is 490 g/mol. The van der Waals surface area contributed by atoms with E-state index in [1.54, 1.807) is 6.07 Å². The number of halogens is 2. The summed E-state index contributed by atoms with van der Waals surface area (Å²) < 4.78 is 27.4. The highest BCUT2D eigenvalue weighted by atomic mass is 35.5. The zero-order valence-corrected chi connectivity index (χ0v) is 19.9. The number of nitrogens with zero attached hydrogens (tertiary/aromatic N) is 1. The minimum Gasteiger partial charge on any atom is -0.349 e. The van der Waals surface area contributed by atoms with Gasteiger partial charge in [0.25, 0.3) is 0 Å². The number of hydrogen-bond acceptors (Lipinski definition) is 3. The Balaban J connectivity index is 1.39. The van der Waals surface area contributed by atoms with Crippen LogP contribution in [0.3, 0.4) is 0 Å². The van der Waals surface area contributed by atoms with Crippen molar-refractivity contribution in [3.05, 3.63) is 76.3 Å². The Morgan fingerprint density at radius 2 is 1.69 bits per heavy atom. The quantitative estimate of drug-likeness (QED) is 0.518. The lowest BCUT2D eigenvalue weighted by Crippen LogP contribution is -2.43. The molecule has 1 aliphatic heterocycles. The second-order valence-corrected chi connectivity index (χ2v) is 10.8. The summed E-state index contributed by atoms with van der Waals surface area (Å²) in [5.41, 5.74) is 1.03. The van der Waals surface area contributed by atoms with E-state index in [9.17, 15) is 13.2 Å². The third kappa shape index (κ3) is 4.79. The van der Waals surface area contributed by atoms with E-state index in [1.807, 2.05) is 25.1 Å². The molecular formula is C24H24Cl2N2O3S. The molecule has 0 radical (unpaired) electrons. The molecule has 1 heterocycles. The van der Waals surface area contributed by atoms with Crippen LogP contribution in [0.2, 0.25) is 10.0 Å². The number of piperidine rings is 1. The average Bonchev–Trinajstić information content (AvgIpc) is 2.80. The van der Waals surface area contributed by atoms with Gasteiger partial charge < -0.3 is 5.32 Å². The molecule has 1 aliphatic rings. The van der Waals surface area contributed by atoms with Gasteiger partial charge in [0.2, 0.25) is 15.9 Å². The van der Waals surface area contributed by atoms with Crippen LogP contribution in [0.15, 0.2) is 65.6 Å². The van der Waals surface area contributed by atoms with Crippen LogP contribution in [0, 0.1) is 5.92 Å². The van der Waals surface area contributed by atoms with Gasteiger partial charge in [-0.2, -0.15) is 4.31 Å². The standard InChI is InChI=1S/C24H24Cl2N2O3S/c1-16(19-7-6-17-4-2-3-5-20(17)14-19)27-24(29)18-10-12-28(13-11-18)32(30,31)23-15-21(25)8-9-22(23)26/h2-9,14-16,18H,10-13H2,1H3,(H,27,29)/t16-/m1/s1. The van der Waals surface area contributed by atoms with Gasteiger partial charge in [-0.05, 0) is 60.4 Å². The van der Waals surface area contributed by atoms with Gasteiger partial charge in [-0.3, -0.25) is 4.79 Å². The lowest BCUT2D eigenvalue weighted by Gasteiger charge is -2.31. The van der Waals surface area contributed by atoms with Gasteiger partial charge in [-0.1, -0.05) is 59.6 Å². The Kier molecular flexibility index (Phi) is 6.77. The van der Waals surface area contributed by atoms with E-state index >= 15 is 0 Å². The molecule has 1 atom stereocenters. The normalized spacial score (nSPS) is 16.7. The van der Waals surface area contributed by atoms with Gasteiger partial charge >= 0.3 is 0 Å². The Bertz CT molecular complexity index is 1260. The molecule has 8 heteroatoms. The lowest BCUT2D eigenvalue weighted by molar-refractivity contribution is -0.126. The summed E-state index contributed by atoms with van der Waals surface area (Å²) in [6.07, 6.45) is 0.904. The van der Waals surface area contributed by atoms with E-state index in [2.05, 4.69) is 29.6 Å². The highest BCUT2D eigenvalue weighted by Crippen LogP contribution is 2.30. The summed E-state index contributed by atoms with van der Waals surface area (Å²) in [5, 5.41) is 5.82. The lowest BCUT2D eigenvalue weighted by atomic mass is 9.96. The molecule has 0 bridgehead atoms. The largest absolute Gasteiger partial charge is 0.349 e. The number of nitrogens with one attached hydrogen (secondary N) is 1. The van der Waals surface area contributed by atoms with Gasteiger partial charge in [-0.25, -0.2) is 8.42 Å². The number of benzene rings is 3. The molecule has 1 amide bonds. The summed E-state index contributed by atoms with van der Waals surface area (Å²) in [6, 6.07) is 18.5. The van der Waals surface area contributed by atoms with Crippen molar-refractivity contribution in [1.82, 2.24) is 9.62 Å². The molecule has 0 saturated carbocycles. The second kappa shape index (κ2) is 9.40. The predicted octanol–water partition coefficient (Wildman–Crippen LogP) is 5.42. The van der Waals surface area contributed by atoms with Gasteiger partial charge in [0.05, 0.1) is 11.1 Å². The molecule has 1 saturated heterocycles. The Hall–Kier alpha value is -2.12. The first-order valence-corrected chi connectivity index (χ1v) is 12.7. The average molecular weight is 491 g/mol. The molecule has 0 aromatic heterocycles. The molecule has 4 rings (SSSR count). The maximum absolute atomic E-state index is 13.0. The smallest absolute Gasteiger partial charge is 0.244 e. The van der Waals surface area contributed by atoms with Gasteiger partial charge in [0.15, 0.2) is 0 Å². The highest BCUT2D eigenvalue weighted by Gasteiger charge is 2.33. The molecular weight excluding hydrogens is 467 g/mol. The fourth-order valence-corrected chi connectivity index (χ4v) is 6.27. The number of hydrogen-bond donors (Lipinski definition) is 1. The Morgan fingerprint density at radius 3 is 2.41 bits per heavy atom. The van der Waals surface area contributed by atoms with E-state index in [1.165, 1.54) is 16.4 Å². The highest BCUT2D eigenvalue weighted by molar-refractivity contribution is 7.89. The van der Waals surface area contributed by atoms with Crippen molar-refractivity contribution >= 4 is 49.9 Å². The van der Waals surface area contributed by atoms with E-state index in [4.69, 9.17) is 23.2 Å². The van der Waals surface area contributed by atoms with Crippen molar-refractivity contribution in [3.63, 3.8) is 0 Å². The third-order valence-corrected chi connectivity index (χ3v) is 8.58. The van der Waals surface area contributed by atoms with Crippen LogP contribution in [0.25, 0.3) is 10.8 Å². The minimum absolute atomic E-state index is 0.000468. The van der Waals surface area contributed by atoms with Crippen molar-refractivity contribution in [2.24, 2.45) is 5.92 Å². The van der Waals surface area contributed by atoms with Crippen LogP contribution in [-0.4, -0.2) is 31.7 Å². The topological polar surface area (TPSA) is 66.5 Å². The van der Waals surface area contributed by atoms with Crippen LogP contribution in [0.5, 0.6) is 0 Å². The molecule has 32 heavy (non-hydrogen) atoms. The molecule has 0 unspecified atom stereocenters. The summed E-state index contributed by atoms with van der Waals surface area (Å²) in [5.74, 6) is -0.289.